The molecule has 0 aliphatic rings. The second-order valence-electron chi connectivity index (χ2n) is 4.93. The minimum absolute atomic E-state index is 0.0585. The van der Waals surface area contributed by atoms with Gasteiger partial charge in [-0.25, -0.2) is 0 Å². The fourth-order valence-electron chi connectivity index (χ4n) is 2.14. The molecule has 23 heavy (non-hydrogen) atoms. The van der Waals surface area contributed by atoms with E-state index in [9.17, 15) is 4.79 Å². The highest BCUT2D eigenvalue weighted by Gasteiger charge is 2.20. The van der Waals surface area contributed by atoms with Gasteiger partial charge in [0.15, 0.2) is 5.01 Å². The number of carbonyl (C=O) groups is 1. The van der Waals surface area contributed by atoms with Gasteiger partial charge in [0.2, 0.25) is 11.0 Å². The van der Waals surface area contributed by atoms with Crippen LogP contribution in [0.1, 0.15) is 18.2 Å². The molecule has 118 valence electrons. The van der Waals surface area contributed by atoms with Crippen LogP contribution in [0.2, 0.25) is 0 Å². The Morgan fingerprint density at radius 1 is 1.26 bits per heavy atom. The standard InChI is InChI=1S/C16H16N4OS2/c1-2-8-20(14(21)10-13-6-4-9-22-13)16-19-18-15(23-16)12-5-3-7-17-11-12/h3-7,9,11H,2,8,10H2,1H3. The highest BCUT2D eigenvalue weighted by Crippen LogP contribution is 2.28. The number of rotatable bonds is 6. The first-order valence-corrected chi connectivity index (χ1v) is 9.04. The average Bonchev–Trinajstić information content (AvgIpc) is 3.25. The van der Waals surface area contributed by atoms with Gasteiger partial charge in [0, 0.05) is 29.4 Å². The Balaban J connectivity index is 1.81. The van der Waals surface area contributed by atoms with Crippen LogP contribution in [0.3, 0.4) is 0 Å². The largest absolute Gasteiger partial charge is 0.286 e. The van der Waals surface area contributed by atoms with E-state index >= 15 is 0 Å². The molecule has 5 nitrogen and oxygen atoms in total. The van der Waals surface area contributed by atoms with Crippen molar-refractivity contribution in [1.29, 1.82) is 0 Å². The van der Waals surface area contributed by atoms with E-state index in [0.717, 1.165) is 21.9 Å². The topological polar surface area (TPSA) is 59.0 Å². The maximum atomic E-state index is 12.6. The van der Waals surface area contributed by atoms with Crippen LogP contribution in [0.15, 0.2) is 42.0 Å². The molecule has 0 N–H and O–H groups in total. The minimum Gasteiger partial charge on any atom is -0.286 e. The molecule has 3 heterocycles. The number of pyridine rings is 1. The lowest BCUT2D eigenvalue weighted by Crippen LogP contribution is -2.32. The molecule has 0 aromatic carbocycles. The van der Waals surface area contributed by atoms with E-state index in [1.165, 1.54) is 11.3 Å². The van der Waals surface area contributed by atoms with Crippen LogP contribution in [0.25, 0.3) is 10.6 Å². The van der Waals surface area contributed by atoms with Crippen LogP contribution in [-0.4, -0.2) is 27.6 Å². The van der Waals surface area contributed by atoms with Gasteiger partial charge in [0.1, 0.15) is 0 Å². The van der Waals surface area contributed by atoms with E-state index in [1.54, 1.807) is 28.6 Å². The summed E-state index contributed by atoms with van der Waals surface area (Å²) in [4.78, 5) is 19.5. The van der Waals surface area contributed by atoms with Crippen LogP contribution in [0.5, 0.6) is 0 Å². The third-order valence-corrected chi connectivity index (χ3v) is 5.08. The van der Waals surface area contributed by atoms with Gasteiger partial charge in [-0.2, -0.15) is 0 Å². The quantitative estimate of drug-likeness (QED) is 0.685. The molecular weight excluding hydrogens is 328 g/mol. The van der Waals surface area contributed by atoms with E-state index in [0.29, 0.717) is 18.1 Å². The number of amides is 1. The van der Waals surface area contributed by atoms with Crippen molar-refractivity contribution >= 4 is 33.7 Å². The van der Waals surface area contributed by atoms with Crippen LogP contribution < -0.4 is 4.90 Å². The molecule has 0 saturated heterocycles. The molecule has 0 bridgehead atoms. The molecule has 3 aromatic heterocycles. The SMILES string of the molecule is CCCN(C(=O)Cc1cccs1)c1nnc(-c2cccnc2)s1. The highest BCUT2D eigenvalue weighted by molar-refractivity contribution is 7.18. The van der Waals surface area contributed by atoms with Gasteiger partial charge < -0.3 is 0 Å². The van der Waals surface area contributed by atoms with E-state index in [-0.39, 0.29) is 5.91 Å². The molecule has 3 aromatic rings. The number of carbonyl (C=O) groups excluding carboxylic acids is 1. The van der Waals surface area contributed by atoms with Crippen molar-refractivity contribution in [3.05, 3.63) is 46.9 Å². The normalized spacial score (nSPS) is 10.7. The Hall–Kier alpha value is -2.12. The van der Waals surface area contributed by atoms with Crippen molar-refractivity contribution in [1.82, 2.24) is 15.2 Å². The number of hydrogen-bond donors (Lipinski definition) is 0. The number of hydrogen-bond acceptors (Lipinski definition) is 6. The zero-order chi connectivity index (χ0) is 16.1. The fourth-order valence-corrected chi connectivity index (χ4v) is 3.71. The van der Waals surface area contributed by atoms with Crippen molar-refractivity contribution in [2.45, 2.75) is 19.8 Å². The second kappa shape index (κ2) is 7.43. The zero-order valence-electron chi connectivity index (χ0n) is 12.7. The molecule has 7 heteroatoms. The number of anilines is 1. The van der Waals surface area contributed by atoms with E-state index < -0.39 is 0 Å². The Morgan fingerprint density at radius 3 is 2.87 bits per heavy atom. The smallest absolute Gasteiger partial charge is 0.234 e. The summed E-state index contributed by atoms with van der Waals surface area (Å²) in [5, 5.41) is 11.8. The lowest BCUT2D eigenvalue weighted by Gasteiger charge is -2.18. The van der Waals surface area contributed by atoms with Gasteiger partial charge in [-0.1, -0.05) is 24.3 Å². The summed E-state index contributed by atoms with van der Waals surface area (Å²) in [6.45, 7) is 2.69. The van der Waals surface area contributed by atoms with Crippen molar-refractivity contribution in [2.24, 2.45) is 0 Å². The summed E-state index contributed by atoms with van der Waals surface area (Å²) in [6.07, 6.45) is 4.75. The number of aromatic nitrogens is 3. The maximum absolute atomic E-state index is 12.6. The Labute approximate surface area is 142 Å². The van der Waals surface area contributed by atoms with Gasteiger partial charge in [-0.3, -0.25) is 14.7 Å². The lowest BCUT2D eigenvalue weighted by molar-refractivity contribution is -0.117. The van der Waals surface area contributed by atoms with E-state index in [1.807, 2.05) is 29.6 Å². The van der Waals surface area contributed by atoms with Gasteiger partial charge in [-0.05, 0) is 30.0 Å². The summed E-state index contributed by atoms with van der Waals surface area (Å²) >= 11 is 3.02. The summed E-state index contributed by atoms with van der Waals surface area (Å²) in [5.41, 5.74) is 0.915. The predicted molar refractivity (Wildman–Crippen MR) is 93.8 cm³/mol. The van der Waals surface area contributed by atoms with Crippen LogP contribution in [0.4, 0.5) is 5.13 Å². The van der Waals surface area contributed by atoms with Crippen LogP contribution in [-0.2, 0) is 11.2 Å². The van der Waals surface area contributed by atoms with Crippen molar-refractivity contribution in [3.63, 3.8) is 0 Å². The monoisotopic (exact) mass is 344 g/mol. The summed E-state index contributed by atoms with van der Waals surface area (Å²) < 4.78 is 0. The van der Waals surface area contributed by atoms with Crippen LogP contribution >= 0.6 is 22.7 Å². The molecule has 0 radical (unpaired) electrons. The van der Waals surface area contributed by atoms with Crippen molar-refractivity contribution < 1.29 is 4.79 Å². The van der Waals surface area contributed by atoms with E-state index in [2.05, 4.69) is 22.1 Å². The third-order valence-electron chi connectivity index (χ3n) is 3.21. The fraction of sp³-hybridized carbons (Fsp3) is 0.250. The molecular formula is C16H16N4OS2. The summed E-state index contributed by atoms with van der Waals surface area (Å²) in [7, 11) is 0. The Kier molecular flexibility index (Phi) is 5.09. The highest BCUT2D eigenvalue weighted by atomic mass is 32.1. The van der Waals surface area contributed by atoms with Crippen molar-refractivity contribution in [3.8, 4) is 10.6 Å². The Morgan fingerprint density at radius 2 is 2.17 bits per heavy atom. The molecule has 0 spiro atoms. The molecule has 0 aliphatic heterocycles. The van der Waals surface area contributed by atoms with Gasteiger partial charge >= 0.3 is 0 Å². The molecule has 0 aliphatic carbocycles. The van der Waals surface area contributed by atoms with Gasteiger partial charge in [0.25, 0.3) is 0 Å². The molecule has 1 amide bonds. The number of thiophene rings is 1. The minimum atomic E-state index is 0.0585. The first kappa shape index (κ1) is 15.8. The second-order valence-corrected chi connectivity index (χ2v) is 6.92. The first-order chi connectivity index (χ1) is 11.3. The summed E-state index contributed by atoms with van der Waals surface area (Å²) in [5.74, 6) is 0.0585. The molecule has 3 rings (SSSR count). The lowest BCUT2D eigenvalue weighted by atomic mass is 10.3. The van der Waals surface area contributed by atoms with Gasteiger partial charge in [0.05, 0.1) is 6.42 Å². The average molecular weight is 344 g/mol. The van der Waals surface area contributed by atoms with Crippen LogP contribution in [0, 0.1) is 0 Å². The van der Waals surface area contributed by atoms with E-state index in [4.69, 9.17) is 0 Å². The maximum Gasteiger partial charge on any atom is 0.234 e. The molecule has 0 fully saturated rings. The Bertz CT molecular complexity index is 756. The third kappa shape index (κ3) is 3.80. The zero-order valence-corrected chi connectivity index (χ0v) is 14.3. The molecule has 0 saturated carbocycles. The predicted octanol–water partition coefficient (Wildman–Crippen LogP) is 3.65. The number of nitrogens with zero attached hydrogens (tertiary/aromatic N) is 4. The first-order valence-electron chi connectivity index (χ1n) is 7.34. The molecule has 0 atom stereocenters. The van der Waals surface area contributed by atoms with Crippen molar-refractivity contribution in [2.75, 3.05) is 11.4 Å². The summed E-state index contributed by atoms with van der Waals surface area (Å²) in [6, 6.07) is 7.74. The molecule has 0 unspecified atom stereocenters. The van der Waals surface area contributed by atoms with Gasteiger partial charge in [-0.15, -0.1) is 21.5 Å².